The molecule has 0 bridgehead atoms. The van der Waals surface area contributed by atoms with Crippen molar-refractivity contribution in [1.82, 2.24) is 15.0 Å². The number of piperidine rings is 1. The summed E-state index contributed by atoms with van der Waals surface area (Å²) in [5, 5.41) is 12.6. The summed E-state index contributed by atoms with van der Waals surface area (Å²) in [6.45, 7) is 6.62. The quantitative estimate of drug-likeness (QED) is 0.856. The summed E-state index contributed by atoms with van der Waals surface area (Å²) < 4.78 is 5.11. The normalized spacial score (nSPS) is 22.2. The Morgan fingerprint density at radius 1 is 1.53 bits per heavy atom. The van der Waals surface area contributed by atoms with E-state index in [-0.39, 0.29) is 6.61 Å². The molecule has 1 fully saturated rings. The predicted octanol–water partition coefficient (Wildman–Crippen LogP) is 1.22. The molecule has 0 spiro atoms. The molecule has 5 heteroatoms. The molecular weight excluding hydrogens is 218 g/mol. The number of aliphatic hydroxyl groups is 1. The van der Waals surface area contributed by atoms with E-state index in [1.54, 1.807) is 0 Å². The molecule has 1 aromatic rings. The van der Waals surface area contributed by atoms with Crippen molar-refractivity contribution in [2.45, 2.75) is 45.8 Å². The summed E-state index contributed by atoms with van der Waals surface area (Å²) in [7, 11) is 0. The standard InChI is InChI=1S/C12H21N3O2/c1-9(2)15-5-3-4-10(7-15)6-12-13-11(8-16)14-17-12/h9-10,16H,3-8H2,1-2H3. The summed E-state index contributed by atoms with van der Waals surface area (Å²) in [5.74, 6) is 1.64. The molecule has 17 heavy (non-hydrogen) atoms. The molecule has 0 amide bonds. The van der Waals surface area contributed by atoms with E-state index in [1.807, 2.05) is 0 Å². The number of hydrogen-bond donors (Lipinski definition) is 1. The molecule has 0 radical (unpaired) electrons. The third-order valence-electron chi connectivity index (χ3n) is 3.40. The average molecular weight is 239 g/mol. The van der Waals surface area contributed by atoms with Gasteiger partial charge in [0.25, 0.3) is 0 Å². The highest BCUT2D eigenvalue weighted by Gasteiger charge is 2.23. The van der Waals surface area contributed by atoms with Crippen LogP contribution in [0.1, 0.15) is 38.4 Å². The molecule has 0 aliphatic carbocycles. The minimum Gasteiger partial charge on any atom is -0.388 e. The van der Waals surface area contributed by atoms with Gasteiger partial charge in [-0.25, -0.2) is 0 Å². The van der Waals surface area contributed by atoms with Gasteiger partial charge in [0.15, 0.2) is 5.82 Å². The van der Waals surface area contributed by atoms with Crippen LogP contribution in [0.3, 0.4) is 0 Å². The van der Waals surface area contributed by atoms with Crippen LogP contribution < -0.4 is 0 Å². The summed E-state index contributed by atoms with van der Waals surface area (Å²) in [4.78, 5) is 6.64. The molecule has 0 saturated carbocycles. The van der Waals surface area contributed by atoms with Crippen LogP contribution in [0.4, 0.5) is 0 Å². The second-order valence-corrected chi connectivity index (χ2v) is 5.06. The Labute approximate surface area is 102 Å². The molecule has 1 atom stereocenters. The summed E-state index contributed by atoms with van der Waals surface area (Å²) >= 11 is 0. The van der Waals surface area contributed by atoms with Crippen molar-refractivity contribution in [2.75, 3.05) is 13.1 Å². The van der Waals surface area contributed by atoms with Crippen molar-refractivity contribution >= 4 is 0 Å². The summed E-state index contributed by atoms with van der Waals surface area (Å²) in [6, 6.07) is 0.605. The van der Waals surface area contributed by atoms with Crippen molar-refractivity contribution in [2.24, 2.45) is 5.92 Å². The Morgan fingerprint density at radius 3 is 3.00 bits per heavy atom. The maximum absolute atomic E-state index is 8.88. The van der Waals surface area contributed by atoms with Gasteiger partial charge in [0.2, 0.25) is 5.89 Å². The molecule has 1 saturated heterocycles. The zero-order chi connectivity index (χ0) is 12.3. The van der Waals surface area contributed by atoms with E-state index in [0.29, 0.717) is 23.7 Å². The van der Waals surface area contributed by atoms with Gasteiger partial charge in [0.1, 0.15) is 6.61 Å². The Balaban J connectivity index is 1.90. The van der Waals surface area contributed by atoms with Gasteiger partial charge in [0, 0.05) is 19.0 Å². The van der Waals surface area contributed by atoms with Crippen LogP contribution in [0.25, 0.3) is 0 Å². The fourth-order valence-corrected chi connectivity index (χ4v) is 2.42. The van der Waals surface area contributed by atoms with Crippen molar-refractivity contribution in [1.29, 1.82) is 0 Å². The highest BCUT2D eigenvalue weighted by molar-refractivity contribution is 4.88. The molecule has 1 aliphatic heterocycles. The molecule has 2 heterocycles. The van der Waals surface area contributed by atoms with E-state index >= 15 is 0 Å². The highest BCUT2D eigenvalue weighted by atomic mass is 16.5. The third-order valence-corrected chi connectivity index (χ3v) is 3.40. The first-order valence-electron chi connectivity index (χ1n) is 6.35. The zero-order valence-electron chi connectivity index (χ0n) is 10.6. The molecule has 1 aliphatic rings. The molecule has 0 aromatic carbocycles. The van der Waals surface area contributed by atoms with Gasteiger partial charge < -0.3 is 14.5 Å². The number of rotatable bonds is 4. The Kier molecular flexibility index (Phi) is 4.12. The minimum atomic E-state index is -0.147. The number of aromatic nitrogens is 2. The maximum atomic E-state index is 8.88. The first kappa shape index (κ1) is 12.5. The number of likely N-dealkylation sites (tertiary alicyclic amines) is 1. The highest BCUT2D eigenvalue weighted by Crippen LogP contribution is 2.21. The maximum Gasteiger partial charge on any atom is 0.227 e. The molecule has 1 aromatic heterocycles. The lowest BCUT2D eigenvalue weighted by atomic mass is 9.94. The van der Waals surface area contributed by atoms with Crippen LogP contribution in [0.2, 0.25) is 0 Å². The SMILES string of the molecule is CC(C)N1CCCC(Cc2nc(CO)no2)C1. The Hall–Kier alpha value is -0.940. The van der Waals surface area contributed by atoms with Crippen molar-refractivity contribution in [3.05, 3.63) is 11.7 Å². The first-order valence-corrected chi connectivity index (χ1v) is 6.35. The van der Waals surface area contributed by atoms with Gasteiger partial charge in [-0.2, -0.15) is 4.98 Å². The first-order chi connectivity index (χ1) is 8.19. The number of aliphatic hydroxyl groups excluding tert-OH is 1. The van der Waals surface area contributed by atoms with Crippen LogP contribution >= 0.6 is 0 Å². The third kappa shape index (κ3) is 3.26. The van der Waals surface area contributed by atoms with Gasteiger partial charge in [-0.3, -0.25) is 0 Å². The fourth-order valence-electron chi connectivity index (χ4n) is 2.42. The molecule has 2 rings (SSSR count). The summed E-state index contributed by atoms with van der Waals surface area (Å²) in [6.07, 6.45) is 3.29. The Morgan fingerprint density at radius 2 is 2.35 bits per heavy atom. The predicted molar refractivity (Wildman–Crippen MR) is 63.4 cm³/mol. The van der Waals surface area contributed by atoms with Crippen molar-refractivity contribution in [3.63, 3.8) is 0 Å². The lowest BCUT2D eigenvalue weighted by Crippen LogP contribution is -2.40. The molecule has 1 N–H and O–H groups in total. The van der Waals surface area contributed by atoms with E-state index < -0.39 is 0 Å². The molecule has 5 nitrogen and oxygen atoms in total. The zero-order valence-corrected chi connectivity index (χ0v) is 10.6. The van der Waals surface area contributed by atoms with E-state index in [2.05, 4.69) is 28.9 Å². The largest absolute Gasteiger partial charge is 0.388 e. The van der Waals surface area contributed by atoms with Gasteiger partial charge >= 0.3 is 0 Å². The second-order valence-electron chi connectivity index (χ2n) is 5.06. The number of nitrogens with zero attached hydrogens (tertiary/aromatic N) is 3. The van der Waals surface area contributed by atoms with Crippen LogP contribution in [0.5, 0.6) is 0 Å². The minimum absolute atomic E-state index is 0.147. The van der Waals surface area contributed by atoms with Crippen molar-refractivity contribution in [3.8, 4) is 0 Å². The molecule has 1 unspecified atom stereocenters. The van der Waals surface area contributed by atoms with Crippen molar-refractivity contribution < 1.29 is 9.63 Å². The molecular formula is C12H21N3O2. The topological polar surface area (TPSA) is 62.4 Å². The smallest absolute Gasteiger partial charge is 0.227 e. The van der Waals surface area contributed by atoms with Crippen LogP contribution in [-0.2, 0) is 13.0 Å². The summed E-state index contributed by atoms with van der Waals surface area (Å²) in [5.41, 5.74) is 0. The van der Waals surface area contributed by atoms with E-state index in [4.69, 9.17) is 9.63 Å². The van der Waals surface area contributed by atoms with Crippen LogP contribution in [-0.4, -0.2) is 39.3 Å². The van der Waals surface area contributed by atoms with Gasteiger partial charge in [-0.15, -0.1) is 0 Å². The van der Waals surface area contributed by atoms with Crippen LogP contribution in [0.15, 0.2) is 4.52 Å². The second kappa shape index (κ2) is 5.60. The average Bonchev–Trinajstić information content (AvgIpc) is 2.77. The molecule has 96 valence electrons. The van der Waals surface area contributed by atoms with E-state index in [0.717, 1.165) is 13.0 Å². The Bertz CT molecular complexity index is 351. The fraction of sp³-hybridized carbons (Fsp3) is 0.833. The lowest BCUT2D eigenvalue weighted by Gasteiger charge is -2.34. The number of hydrogen-bond acceptors (Lipinski definition) is 5. The van der Waals surface area contributed by atoms with E-state index in [1.165, 1.54) is 19.4 Å². The van der Waals surface area contributed by atoms with Gasteiger partial charge in [0.05, 0.1) is 0 Å². The van der Waals surface area contributed by atoms with Crippen LogP contribution in [0, 0.1) is 5.92 Å². The lowest BCUT2D eigenvalue weighted by molar-refractivity contribution is 0.134. The van der Waals surface area contributed by atoms with Gasteiger partial charge in [-0.05, 0) is 39.2 Å². The van der Waals surface area contributed by atoms with E-state index in [9.17, 15) is 0 Å². The monoisotopic (exact) mass is 239 g/mol. The van der Waals surface area contributed by atoms with Gasteiger partial charge in [-0.1, -0.05) is 5.16 Å².